The molecule has 3 rings (SSSR count). The number of rotatable bonds is 3. The zero-order chi connectivity index (χ0) is 19.1. The highest BCUT2D eigenvalue weighted by Crippen LogP contribution is 2.35. The SMILES string of the molecule is Cc1c(C)c(C)c(S(=O)(=O)N2CCNCC2c2cccnc2)c(C)c1C.Cl. The summed E-state index contributed by atoms with van der Waals surface area (Å²) in [6, 6.07) is 3.55. The van der Waals surface area contributed by atoms with Crippen LogP contribution in [0.25, 0.3) is 0 Å². The maximum Gasteiger partial charge on any atom is 0.244 e. The molecule has 0 bridgehead atoms. The van der Waals surface area contributed by atoms with Crippen molar-refractivity contribution in [2.45, 2.75) is 45.6 Å². The number of hydrogen-bond donors (Lipinski definition) is 1. The number of halogens is 1. The highest BCUT2D eigenvalue weighted by atomic mass is 35.5. The van der Waals surface area contributed by atoms with Crippen LogP contribution in [-0.4, -0.2) is 37.3 Å². The standard InChI is InChI=1S/C20H27N3O2S.ClH/c1-13-14(2)16(4)20(17(5)15(13)3)26(24,25)23-10-9-22-12-19(23)18-7-6-8-21-11-18;/h6-8,11,19,22H,9-10,12H2,1-5H3;1H. The molecule has 2 aromatic rings. The molecule has 0 spiro atoms. The van der Waals surface area contributed by atoms with E-state index in [2.05, 4.69) is 17.2 Å². The lowest BCUT2D eigenvalue weighted by molar-refractivity contribution is 0.271. The molecule has 5 nitrogen and oxygen atoms in total. The molecule has 0 radical (unpaired) electrons. The minimum atomic E-state index is -3.62. The minimum Gasteiger partial charge on any atom is -0.313 e. The Morgan fingerprint density at radius 2 is 1.63 bits per heavy atom. The van der Waals surface area contributed by atoms with Crippen molar-refractivity contribution >= 4 is 22.4 Å². The van der Waals surface area contributed by atoms with Crippen LogP contribution in [0.2, 0.25) is 0 Å². The van der Waals surface area contributed by atoms with Gasteiger partial charge in [0.05, 0.1) is 10.9 Å². The van der Waals surface area contributed by atoms with Crippen molar-refractivity contribution < 1.29 is 8.42 Å². The Bertz CT molecular complexity index is 901. The molecule has 1 aliphatic rings. The van der Waals surface area contributed by atoms with E-state index in [9.17, 15) is 8.42 Å². The molecule has 1 saturated heterocycles. The van der Waals surface area contributed by atoms with Crippen LogP contribution in [0.3, 0.4) is 0 Å². The number of hydrogen-bond acceptors (Lipinski definition) is 4. The molecule has 0 saturated carbocycles. The van der Waals surface area contributed by atoms with Crippen LogP contribution in [0, 0.1) is 34.6 Å². The predicted octanol–water partition coefficient (Wildman–Crippen LogP) is 3.38. The maximum absolute atomic E-state index is 13.7. The highest BCUT2D eigenvalue weighted by Gasteiger charge is 2.37. The molecule has 1 N–H and O–H groups in total. The second-order valence-electron chi connectivity index (χ2n) is 7.08. The smallest absolute Gasteiger partial charge is 0.244 e. The number of pyridine rings is 1. The topological polar surface area (TPSA) is 62.3 Å². The minimum absolute atomic E-state index is 0. The van der Waals surface area contributed by atoms with Crippen LogP contribution in [0.5, 0.6) is 0 Å². The van der Waals surface area contributed by atoms with Crippen molar-refractivity contribution in [2.24, 2.45) is 0 Å². The second kappa shape index (κ2) is 8.27. The number of sulfonamides is 1. The zero-order valence-corrected chi connectivity index (χ0v) is 18.2. The molecule has 1 aliphatic heterocycles. The molecular formula is C20H28ClN3O2S. The Morgan fingerprint density at radius 1 is 1.04 bits per heavy atom. The van der Waals surface area contributed by atoms with Gasteiger partial charge in [-0.1, -0.05) is 6.07 Å². The lowest BCUT2D eigenvalue weighted by Gasteiger charge is -2.36. The van der Waals surface area contributed by atoms with Crippen LogP contribution in [0.1, 0.15) is 39.4 Å². The van der Waals surface area contributed by atoms with Gasteiger partial charge in [-0.2, -0.15) is 4.31 Å². The van der Waals surface area contributed by atoms with E-state index < -0.39 is 10.0 Å². The number of benzene rings is 1. The van der Waals surface area contributed by atoms with Gasteiger partial charge in [-0.05, 0) is 74.1 Å². The molecule has 0 aliphatic carbocycles. The van der Waals surface area contributed by atoms with Gasteiger partial charge in [0.25, 0.3) is 0 Å². The third kappa shape index (κ3) is 3.76. The monoisotopic (exact) mass is 409 g/mol. The fourth-order valence-corrected chi connectivity index (χ4v) is 5.98. The highest BCUT2D eigenvalue weighted by molar-refractivity contribution is 7.89. The van der Waals surface area contributed by atoms with Crippen molar-refractivity contribution in [3.8, 4) is 0 Å². The quantitative estimate of drug-likeness (QED) is 0.844. The molecule has 1 aromatic heterocycles. The first-order chi connectivity index (χ1) is 12.3. The van der Waals surface area contributed by atoms with Crippen molar-refractivity contribution in [2.75, 3.05) is 19.6 Å². The van der Waals surface area contributed by atoms with Gasteiger partial charge >= 0.3 is 0 Å². The number of nitrogens with one attached hydrogen (secondary N) is 1. The van der Waals surface area contributed by atoms with E-state index in [0.29, 0.717) is 24.5 Å². The molecule has 7 heteroatoms. The molecule has 1 atom stereocenters. The van der Waals surface area contributed by atoms with Gasteiger partial charge in [0.1, 0.15) is 0 Å². The van der Waals surface area contributed by atoms with E-state index in [1.807, 2.05) is 39.8 Å². The summed E-state index contributed by atoms with van der Waals surface area (Å²) < 4.78 is 29.1. The predicted molar refractivity (Wildman–Crippen MR) is 111 cm³/mol. The van der Waals surface area contributed by atoms with Gasteiger partial charge < -0.3 is 5.32 Å². The Labute approximate surface area is 168 Å². The average Bonchev–Trinajstić information content (AvgIpc) is 2.65. The maximum atomic E-state index is 13.7. The Kier molecular flexibility index (Phi) is 6.68. The van der Waals surface area contributed by atoms with Crippen molar-refractivity contribution in [3.05, 3.63) is 57.9 Å². The molecule has 0 amide bonds. The van der Waals surface area contributed by atoms with Gasteiger partial charge in [-0.3, -0.25) is 4.98 Å². The van der Waals surface area contributed by atoms with Gasteiger partial charge in [0.15, 0.2) is 0 Å². The fourth-order valence-electron chi connectivity index (χ4n) is 3.80. The summed E-state index contributed by atoms with van der Waals surface area (Å²) in [4.78, 5) is 4.64. The van der Waals surface area contributed by atoms with Gasteiger partial charge in [-0.25, -0.2) is 8.42 Å². The summed E-state index contributed by atoms with van der Waals surface area (Å²) in [5.74, 6) is 0. The van der Waals surface area contributed by atoms with Crippen molar-refractivity contribution in [1.82, 2.24) is 14.6 Å². The van der Waals surface area contributed by atoms with Gasteiger partial charge in [0, 0.05) is 32.0 Å². The van der Waals surface area contributed by atoms with Crippen molar-refractivity contribution in [1.29, 1.82) is 0 Å². The van der Waals surface area contributed by atoms with Crippen LogP contribution >= 0.6 is 12.4 Å². The molecule has 148 valence electrons. The van der Waals surface area contributed by atoms with Crippen molar-refractivity contribution in [3.63, 3.8) is 0 Å². The van der Waals surface area contributed by atoms with Crippen LogP contribution < -0.4 is 5.32 Å². The Morgan fingerprint density at radius 3 is 2.19 bits per heavy atom. The fraction of sp³-hybridized carbons (Fsp3) is 0.450. The van der Waals surface area contributed by atoms with E-state index in [1.165, 1.54) is 5.56 Å². The van der Waals surface area contributed by atoms with Crippen LogP contribution in [0.15, 0.2) is 29.4 Å². The lowest BCUT2D eigenvalue weighted by atomic mass is 9.95. The first-order valence-corrected chi connectivity index (χ1v) is 10.4. The number of nitrogens with zero attached hydrogens (tertiary/aromatic N) is 2. The van der Waals surface area contributed by atoms with E-state index in [0.717, 1.165) is 27.8 Å². The van der Waals surface area contributed by atoms with Gasteiger partial charge in [0.2, 0.25) is 10.0 Å². The summed E-state index contributed by atoms with van der Waals surface area (Å²) >= 11 is 0. The summed E-state index contributed by atoms with van der Waals surface area (Å²) in [6.07, 6.45) is 3.46. The second-order valence-corrected chi connectivity index (χ2v) is 8.90. The van der Waals surface area contributed by atoms with E-state index in [4.69, 9.17) is 0 Å². The third-order valence-electron chi connectivity index (χ3n) is 5.76. The van der Waals surface area contributed by atoms with E-state index >= 15 is 0 Å². The molecule has 27 heavy (non-hydrogen) atoms. The van der Waals surface area contributed by atoms with Crippen LogP contribution in [-0.2, 0) is 10.0 Å². The Hall–Kier alpha value is -1.47. The van der Waals surface area contributed by atoms with E-state index in [1.54, 1.807) is 16.7 Å². The summed E-state index contributed by atoms with van der Waals surface area (Å²) in [5, 5.41) is 3.31. The summed E-state index contributed by atoms with van der Waals surface area (Å²) in [6.45, 7) is 11.6. The molecule has 1 unspecified atom stereocenters. The Balaban J connectivity index is 0.00000261. The van der Waals surface area contributed by atoms with Crippen LogP contribution in [0.4, 0.5) is 0 Å². The molecule has 1 aromatic carbocycles. The molecule has 1 fully saturated rings. The molecular weight excluding hydrogens is 382 g/mol. The number of piperazine rings is 1. The summed E-state index contributed by atoms with van der Waals surface area (Å²) in [5.41, 5.74) is 5.91. The largest absolute Gasteiger partial charge is 0.313 e. The lowest BCUT2D eigenvalue weighted by Crippen LogP contribution is -2.48. The third-order valence-corrected chi connectivity index (χ3v) is 7.94. The number of aromatic nitrogens is 1. The summed E-state index contributed by atoms with van der Waals surface area (Å²) in [7, 11) is -3.62. The van der Waals surface area contributed by atoms with Gasteiger partial charge in [-0.15, -0.1) is 12.4 Å². The first kappa shape index (κ1) is 21.8. The normalized spacial score (nSPS) is 18.2. The average molecular weight is 410 g/mol. The van der Waals surface area contributed by atoms with E-state index in [-0.39, 0.29) is 18.4 Å². The zero-order valence-electron chi connectivity index (χ0n) is 16.5. The first-order valence-electron chi connectivity index (χ1n) is 8.96. The molecule has 2 heterocycles.